The third-order valence-corrected chi connectivity index (χ3v) is 4.77. The van der Waals surface area contributed by atoms with Gasteiger partial charge in [0.25, 0.3) is 0 Å². The van der Waals surface area contributed by atoms with Crippen molar-refractivity contribution in [3.05, 3.63) is 59.2 Å². The molecule has 2 aromatic carbocycles. The van der Waals surface area contributed by atoms with Crippen LogP contribution in [0.5, 0.6) is 0 Å². The van der Waals surface area contributed by atoms with Crippen molar-refractivity contribution in [2.75, 3.05) is 5.73 Å². The molecule has 1 aliphatic rings. The van der Waals surface area contributed by atoms with Crippen molar-refractivity contribution in [2.24, 2.45) is 5.73 Å². The molecule has 0 fully saturated rings. The molecule has 0 unspecified atom stereocenters. The van der Waals surface area contributed by atoms with Gasteiger partial charge in [-0.15, -0.1) is 0 Å². The van der Waals surface area contributed by atoms with Crippen molar-refractivity contribution in [3.8, 4) is 0 Å². The Balaban J connectivity index is 1.83. The van der Waals surface area contributed by atoms with Crippen molar-refractivity contribution in [3.63, 3.8) is 0 Å². The highest BCUT2D eigenvalue weighted by Gasteiger charge is 2.36. The quantitative estimate of drug-likeness (QED) is 0.531. The zero-order chi connectivity index (χ0) is 19.3. The van der Waals surface area contributed by atoms with Crippen LogP contribution in [0.25, 0.3) is 11.0 Å². The van der Waals surface area contributed by atoms with Gasteiger partial charge in [-0.05, 0) is 29.8 Å². The summed E-state index contributed by atoms with van der Waals surface area (Å²) in [5.74, 6) is -3.58. The summed E-state index contributed by atoms with van der Waals surface area (Å²) in [4.78, 5) is 15.8. The van der Waals surface area contributed by atoms with Crippen molar-refractivity contribution < 1.29 is 22.7 Å². The number of carbonyl (C=O) groups is 1. The molecule has 140 valence electrons. The molecule has 2 atom stereocenters. The number of halogens is 3. The number of benzene rings is 2. The van der Waals surface area contributed by atoms with Gasteiger partial charge in [0.1, 0.15) is 17.7 Å². The number of primary amides is 1. The predicted molar refractivity (Wildman–Crippen MR) is 91.4 cm³/mol. The van der Waals surface area contributed by atoms with E-state index in [4.69, 9.17) is 16.2 Å². The second-order valence-electron chi connectivity index (χ2n) is 6.46. The van der Waals surface area contributed by atoms with E-state index in [2.05, 4.69) is 4.98 Å². The molecule has 1 amide bonds. The molecular formula is C18H15F3N4O2. The molecule has 1 aromatic heterocycles. The molecule has 2 heterocycles. The van der Waals surface area contributed by atoms with Crippen molar-refractivity contribution >= 4 is 22.8 Å². The number of fused-ring (bicyclic) bond motifs is 3. The van der Waals surface area contributed by atoms with Crippen LogP contribution in [0.2, 0.25) is 0 Å². The second-order valence-corrected chi connectivity index (χ2v) is 6.46. The summed E-state index contributed by atoms with van der Waals surface area (Å²) < 4.78 is 48.3. The second kappa shape index (κ2) is 6.19. The zero-order valence-electron chi connectivity index (χ0n) is 14.0. The zero-order valence-corrected chi connectivity index (χ0v) is 14.0. The number of anilines is 1. The van der Waals surface area contributed by atoms with Gasteiger partial charge in [0.05, 0.1) is 17.6 Å². The molecule has 0 spiro atoms. The van der Waals surface area contributed by atoms with E-state index in [1.165, 1.54) is 0 Å². The van der Waals surface area contributed by atoms with Crippen LogP contribution in [-0.4, -0.2) is 21.7 Å². The van der Waals surface area contributed by atoms with Gasteiger partial charge in [-0.2, -0.15) is 0 Å². The summed E-state index contributed by atoms with van der Waals surface area (Å²) in [6.45, 7) is 0.141. The maximum Gasteiger partial charge on any atom is 0.404 e. The van der Waals surface area contributed by atoms with Crippen LogP contribution in [0.1, 0.15) is 17.3 Å². The molecule has 6 nitrogen and oxygen atoms in total. The number of nitrogen functional groups attached to an aromatic ring is 1. The average Bonchev–Trinajstić information content (AvgIpc) is 2.93. The Morgan fingerprint density at radius 2 is 1.89 bits per heavy atom. The maximum absolute atomic E-state index is 14.3. The van der Waals surface area contributed by atoms with E-state index < -0.39 is 35.6 Å². The number of rotatable bonds is 2. The molecule has 3 aromatic rings. The summed E-state index contributed by atoms with van der Waals surface area (Å²) in [6.07, 6.45) is -1.76. The molecule has 4 rings (SSSR count). The number of imidazole rings is 1. The summed E-state index contributed by atoms with van der Waals surface area (Å²) in [5, 5.41) is 0. The third-order valence-electron chi connectivity index (χ3n) is 4.77. The number of nitrogens with two attached hydrogens (primary N) is 2. The summed E-state index contributed by atoms with van der Waals surface area (Å²) in [7, 11) is 0. The molecular weight excluding hydrogens is 361 g/mol. The number of hydrogen-bond acceptors (Lipinski definition) is 4. The van der Waals surface area contributed by atoms with Crippen LogP contribution in [0.4, 0.5) is 23.7 Å². The van der Waals surface area contributed by atoms with Gasteiger partial charge in [-0.1, -0.05) is 0 Å². The normalized spacial score (nSPS) is 19.1. The van der Waals surface area contributed by atoms with Gasteiger partial charge in [-0.25, -0.2) is 22.9 Å². The Morgan fingerprint density at radius 3 is 2.63 bits per heavy atom. The third kappa shape index (κ3) is 2.94. The van der Waals surface area contributed by atoms with Gasteiger partial charge in [0.2, 0.25) is 0 Å². The van der Waals surface area contributed by atoms with Crippen LogP contribution in [-0.2, 0) is 17.7 Å². The van der Waals surface area contributed by atoms with E-state index >= 15 is 0 Å². The van der Waals surface area contributed by atoms with Crippen LogP contribution in [0.15, 0.2) is 30.3 Å². The van der Waals surface area contributed by atoms with E-state index in [1.54, 1.807) is 18.2 Å². The van der Waals surface area contributed by atoms with E-state index in [9.17, 15) is 18.0 Å². The highest BCUT2D eigenvalue weighted by Crippen LogP contribution is 2.36. The molecule has 0 bridgehead atoms. The summed E-state index contributed by atoms with van der Waals surface area (Å²) >= 11 is 0. The fourth-order valence-electron chi connectivity index (χ4n) is 3.59. The minimum Gasteiger partial charge on any atom is -0.444 e. The van der Waals surface area contributed by atoms with E-state index in [-0.39, 0.29) is 18.5 Å². The van der Waals surface area contributed by atoms with Crippen LogP contribution in [0, 0.1) is 17.5 Å². The first-order chi connectivity index (χ1) is 12.8. The fraction of sp³-hybridized carbons (Fsp3) is 0.222. The first-order valence-corrected chi connectivity index (χ1v) is 8.18. The molecule has 27 heavy (non-hydrogen) atoms. The van der Waals surface area contributed by atoms with Gasteiger partial charge >= 0.3 is 6.09 Å². The number of aromatic nitrogens is 2. The monoisotopic (exact) mass is 376 g/mol. The molecule has 9 heteroatoms. The SMILES string of the molecule is NC(=O)O[C@H]1Cn2c(nc3cc(N)ccc32)C[C@@H]1c1cc(F)c(F)cc1F. The topological polar surface area (TPSA) is 96.2 Å². The first-order valence-electron chi connectivity index (χ1n) is 8.18. The highest BCUT2D eigenvalue weighted by atomic mass is 19.2. The number of nitrogens with zero attached hydrogens (tertiary/aromatic N) is 2. The highest BCUT2D eigenvalue weighted by molar-refractivity contribution is 5.80. The number of amides is 1. The lowest BCUT2D eigenvalue weighted by Gasteiger charge is -2.32. The largest absolute Gasteiger partial charge is 0.444 e. The summed E-state index contributed by atoms with van der Waals surface area (Å²) in [6, 6.07) is 6.44. The van der Waals surface area contributed by atoms with Gasteiger partial charge in [-0.3, -0.25) is 0 Å². The molecule has 0 saturated heterocycles. The lowest BCUT2D eigenvalue weighted by molar-refractivity contribution is 0.0684. The number of hydrogen-bond donors (Lipinski definition) is 2. The molecule has 0 saturated carbocycles. The molecule has 0 radical (unpaired) electrons. The van der Waals surface area contributed by atoms with Crippen LogP contribution in [0.3, 0.4) is 0 Å². The fourth-order valence-corrected chi connectivity index (χ4v) is 3.59. The Kier molecular flexibility index (Phi) is 3.94. The first kappa shape index (κ1) is 17.2. The molecule has 4 N–H and O–H groups in total. The molecule has 1 aliphatic heterocycles. The van der Waals surface area contributed by atoms with Gasteiger partial charge < -0.3 is 20.8 Å². The van der Waals surface area contributed by atoms with Crippen molar-refractivity contribution in [1.29, 1.82) is 0 Å². The Hall–Kier alpha value is -3.23. The van der Waals surface area contributed by atoms with E-state index in [0.29, 0.717) is 23.1 Å². The standard InChI is InChI=1S/C18H15F3N4O2/c19-11-6-13(21)12(20)4-9(11)10-5-17-24-14-3-8(22)1-2-15(14)25(17)7-16(10)27-18(23)26/h1-4,6,10,16H,5,7,22H2,(H2,23,26)/t10-,16+/m1/s1. The number of carbonyl (C=O) groups excluding carboxylic acids is 1. The Labute approximate surface area is 151 Å². The smallest absolute Gasteiger partial charge is 0.404 e. The van der Waals surface area contributed by atoms with Gasteiger partial charge in [0.15, 0.2) is 11.6 Å². The Bertz CT molecular complexity index is 1070. The van der Waals surface area contributed by atoms with Gasteiger partial charge in [0, 0.05) is 24.1 Å². The lowest BCUT2D eigenvalue weighted by atomic mass is 9.87. The van der Waals surface area contributed by atoms with E-state index in [1.807, 2.05) is 4.57 Å². The number of ether oxygens (including phenoxy) is 1. The van der Waals surface area contributed by atoms with Crippen LogP contribution >= 0.6 is 0 Å². The van der Waals surface area contributed by atoms with Crippen LogP contribution < -0.4 is 11.5 Å². The minimum absolute atomic E-state index is 0.0991. The summed E-state index contributed by atoms with van der Waals surface area (Å²) in [5.41, 5.74) is 12.8. The lowest BCUT2D eigenvalue weighted by Crippen LogP contribution is -2.38. The van der Waals surface area contributed by atoms with E-state index in [0.717, 1.165) is 11.6 Å². The minimum atomic E-state index is -1.29. The molecule has 0 aliphatic carbocycles. The van der Waals surface area contributed by atoms with Crippen molar-refractivity contribution in [2.45, 2.75) is 25.0 Å². The maximum atomic E-state index is 14.3. The van der Waals surface area contributed by atoms with Crippen molar-refractivity contribution in [1.82, 2.24) is 9.55 Å². The predicted octanol–water partition coefficient (Wildman–Crippen LogP) is 2.84. The average molecular weight is 376 g/mol. The Morgan fingerprint density at radius 1 is 1.15 bits per heavy atom.